The molecule has 4 aliphatic carbocycles. The molecule has 0 aromatic carbocycles. The van der Waals surface area contributed by atoms with Gasteiger partial charge in [0.05, 0.1) is 47.8 Å². The number of hydrogen-bond acceptors (Lipinski definition) is 8. The molecular weight excluding hydrogens is 608 g/mol. The lowest BCUT2D eigenvalue weighted by atomic mass is 9.57. The highest BCUT2D eigenvalue weighted by atomic mass is 16.6. The van der Waals surface area contributed by atoms with E-state index in [0.29, 0.717) is 30.8 Å². The standard InChI is InChI=1S/C40H66O8/c1-35(2,30(25-12-9-17-37(5,43)20-25)26-13-10-18-38(6,44)21-26)23-45-33(41)34(42)46-24-36(3,4)31(27-15-16-29-40(8,22-27)47-29)28-14-11-19-39(7)32(28)48-39/h25-32,43-44H,9-24H2,1-8H3. The fourth-order valence-corrected chi connectivity index (χ4v) is 12.0. The van der Waals surface area contributed by atoms with Crippen LogP contribution >= 0.6 is 0 Å². The molecule has 11 atom stereocenters. The highest BCUT2D eigenvalue weighted by molar-refractivity contribution is 6.29. The first-order valence-electron chi connectivity index (χ1n) is 19.4. The molecule has 2 heterocycles. The van der Waals surface area contributed by atoms with Crippen molar-refractivity contribution in [1.82, 2.24) is 0 Å². The normalized spacial score (nSPS) is 44.0. The van der Waals surface area contributed by atoms with Crippen LogP contribution < -0.4 is 0 Å². The van der Waals surface area contributed by atoms with Crippen molar-refractivity contribution in [3.63, 3.8) is 0 Å². The van der Waals surface area contributed by atoms with E-state index in [1.165, 1.54) is 0 Å². The number of esters is 2. The Balaban J connectivity index is 1.10. The van der Waals surface area contributed by atoms with E-state index >= 15 is 0 Å². The van der Waals surface area contributed by atoms with Crippen LogP contribution in [-0.2, 0) is 28.5 Å². The van der Waals surface area contributed by atoms with Gasteiger partial charge in [-0.15, -0.1) is 0 Å². The molecule has 48 heavy (non-hydrogen) atoms. The van der Waals surface area contributed by atoms with Gasteiger partial charge in [0.15, 0.2) is 0 Å². The van der Waals surface area contributed by atoms with Crippen molar-refractivity contribution in [2.24, 2.45) is 46.3 Å². The van der Waals surface area contributed by atoms with Crippen LogP contribution in [-0.4, -0.2) is 70.0 Å². The predicted octanol–water partition coefficient (Wildman–Crippen LogP) is 7.16. The fraction of sp³-hybridized carbons (Fsp3) is 0.950. The summed E-state index contributed by atoms with van der Waals surface area (Å²) < 4.78 is 24.0. The Morgan fingerprint density at radius 2 is 1.17 bits per heavy atom. The Morgan fingerprint density at radius 3 is 1.69 bits per heavy atom. The molecular formula is C40H66O8. The molecule has 8 nitrogen and oxygen atoms in total. The van der Waals surface area contributed by atoms with E-state index in [1.807, 2.05) is 13.8 Å². The van der Waals surface area contributed by atoms with Crippen molar-refractivity contribution in [1.29, 1.82) is 0 Å². The molecule has 6 rings (SSSR count). The number of ether oxygens (including phenoxy) is 4. The highest BCUT2D eigenvalue weighted by Gasteiger charge is 2.64. The third-order valence-corrected chi connectivity index (χ3v) is 14.1. The number of fused-ring (bicyclic) bond motifs is 2. The van der Waals surface area contributed by atoms with E-state index in [9.17, 15) is 19.8 Å². The number of epoxide rings is 2. The molecule has 274 valence electrons. The molecule has 0 bridgehead atoms. The number of rotatable bonds is 10. The van der Waals surface area contributed by atoms with E-state index in [2.05, 4.69) is 41.5 Å². The fourth-order valence-electron chi connectivity index (χ4n) is 12.0. The lowest BCUT2D eigenvalue weighted by Crippen LogP contribution is -2.48. The largest absolute Gasteiger partial charge is 0.457 e. The third kappa shape index (κ3) is 7.67. The van der Waals surface area contributed by atoms with Crippen molar-refractivity contribution in [3.05, 3.63) is 0 Å². The van der Waals surface area contributed by atoms with Gasteiger partial charge in [0.1, 0.15) is 0 Å². The summed E-state index contributed by atoms with van der Waals surface area (Å²) in [5, 5.41) is 22.1. The molecule has 11 unspecified atom stereocenters. The summed E-state index contributed by atoms with van der Waals surface area (Å²) in [5.74, 6) is -0.0865. The van der Waals surface area contributed by atoms with Crippen LogP contribution in [0.4, 0.5) is 0 Å². The van der Waals surface area contributed by atoms with E-state index in [-0.39, 0.29) is 59.6 Å². The summed E-state index contributed by atoms with van der Waals surface area (Å²) in [4.78, 5) is 26.5. The van der Waals surface area contributed by atoms with Crippen molar-refractivity contribution in [2.75, 3.05) is 13.2 Å². The molecule has 0 amide bonds. The van der Waals surface area contributed by atoms with Crippen molar-refractivity contribution in [3.8, 4) is 0 Å². The Kier molecular flexibility index (Phi) is 9.73. The first-order valence-corrected chi connectivity index (χ1v) is 19.4. The van der Waals surface area contributed by atoms with Gasteiger partial charge in [-0.25, -0.2) is 9.59 Å². The van der Waals surface area contributed by atoms with E-state index in [1.54, 1.807) is 0 Å². The molecule has 0 aromatic heterocycles. The Hall–Kier alpha value is -1.22. The molecule has 6 fully saturated rings. The summed E-state index contributed by atoms with van der Waals surface area (Å²) in [6.45, 7) is 17.2. The van der Waals surface area contributed by atoms with Gasteiger partial charge in [-0.2, -0.15) is 0 Å². The molecule has 8 heteroatoms. The van der Waals surface area contributed by atoms with Gasteiger partial charge in [0, 0.05) is 10.8 Å². The van der Waals surface area contributed by atoms with Gasteiger partial charge in [-0.3, -0.25) is 0 Å². The lowest BCUT2D eigenvalue weighted by molar-refractivity contribution is -0.174. The first-order chi connectivity index (χ1) is 22.2. The number of carbonyl (C=O) groups is 2. The number of hydrogen-bond donors (Lipinski definition) is 2. The highest BCUT2D eigenvalue weighted by Crippen LogP contribution is 2.61. The van der Waals surface area contributed by atoms with Crippen LogP contribution in [0, 0.1) is 46.3 Å². The second kappa shape index (κ2) is 12.8. The van der Waals surface area contributed by atoms with Crippen molar-refractivity contribution < 1.29 is 38.7 Å². The van der Waals surface area contributed by atoms with Crippen LogP contribution in [0.3, 0.4) is 0 Å². The SMILES string of the molecule is CC1(O)CCCC(C(C2CCCC(C)(O)C2)C(C)(C)COC(=O)C(=O)OCC(C)(C)C(C2CCC3OC3(C)C2)C2CCCC3(C)OC23)C1. The minimum Gasteiger partial charge on any atom is -0.457 e. The van der Waals surface area contributed by atoms with Crippen LogP contribution in [0.15, 0.2) is 0 Å². The summed E-state index contributed by atoms with van der Waals surface area (Å²) in [6, 6.07) is 0. The average Bonchev–Trinajstić information content (AvgIpc) is 3.86. The zero-order valence-electron chi connectivity index (χ0n) is 31.3. The van der Waals surface area contributed by atoms with Gasteiger partial charge in [-0.1, -0.05) is 47.0 Å². The summed E-state index contributed by atoms with van der Waals surface area (Å²) in [6.07, 6.45) is 14.1. The Morgan fingerprint density at radius 1 is 0.667 bits per heavy atom. The maximum Gasteiger partial charge on any atom is 0.417 e. The zero-order valence-corrected chi connectivity index (χ0v) is 31.3. The van der Waals surface area contributed by atoms with Crippen molar-refractivity contribution in [2.45, 2.75) is 180 Å². The molecule has 0 radical (unpaired) electrons. The monoisotopic (exact) mass is 674 g/mol. The quantitative estimate of drug-likeness (QED) is 0.143. The molecule has 0 aromatic rings. The minimum absolute atomic E-state index is 0.0274. The average molecular weight is 675 g/mol. The second-order valence-corrected chi connectivity index (χ2v) is 19.8. The third-order valence-electron chi connectivity index (χ3n) is 14.1. The predicted molar refractivity (Wildman–Crippen MR) is 183 cm³/mol. The van der Waals surface area contributed by atoms with Crippen molar-refractivity contribution >= 4 is 11.9 Å². The van der Waals surface area contributed by atoms with E-state index < -0.39 is 28.6 Å². The topological polar surface area (TPSA) is 118 Å². The van der Waals surface area contributed by atoms with Gasteiger partial charge in [-0.05, 0) is 134 Å². The summed E-state index contributed by atoms with van der Waals surface area (Å²) in [5.41, 5.74) is -2.30. The first kappa shape index (κ1) is 36.6. The molecule has 2 N–H and O–H groups in total. The van der Waals surface area contributed by atoms with Gasteiger partial charge in [0.25, 0.3) is 0 Å². The molecule has 2 aliphatic heterocycles. The van der Waals surface area contributed by atoms with Crippen LogP contribution in [0.25, 0.3) is 0 Å². The number of carbonyl (C=O) groups excluding carboxylic acids is 2. The van der Waals surface area contributed by atoms with Gasteiger partial charge < -0.3 is 29.2 Å². The second-order valence-electron chi connectivity index (χ2n) is 19.8. The van der Waals surface area contributed by atoms with E-state index in [4.69, 9.17) is 18.9 Å². The summed E-state index contributed by atoms with van der Waals surface area (Å²) >= 11 is 0. The smallest absolute Gasteiger partial charge is 0.417 e. The van der Waals surface area contributed by atoms with Crippen LogP contribution in [0.5, 0.6) is 0 Å². The Labute approximate surface area is 289 Å². The van der Waals surface area contributed by atoms with Gasteiger partial charge in [0.2, 0.25) is 0 Å². The molecule has 0 spiro atoms. The maximum absolute atomic E-state index is 13.3. The molecule has 2 saturated heterocycles. The van der Waals surface area contributed by atoms with E-state index in [0.717, 1.165) is 77.0 Å². The summed E-state index contributed by atoms with van der Waals surface area (Å²) in [7, 11) is 0. The molecule has 6 aliphatic rings. The zero-order chi connectivity index (χ0) is 34.9. The maximum atomic E-state index is 13.3. The number of aliphatic hydroxyl groups is 2. The van der Waals surface area contributed by atoms with Crippen LogP contribution in [0.1, 0.15) is 145 Å². The van der Waals surface area contributed by atoms with Crippen LogP contribution in [0.2, 0.25) is 0 Å². The lowest BCUT2D eigenvalue weighted by Gasteiger charge is -2.50. The van der Waals surface area contributed by atoms with Gasteiger partial charge >= 0.3 is 11.9 Å². The Bertz CT molecular complexity index is 1180. The molecule has 4 saturated carbocycles. The minimum atomic E-state index is -0.935.